The lowest BCUT2D eigenvalue weighted by atomic mass is 10.2. The quantitative estimate of drug-likeness (QED) is 0.349. The molecule has 0 fully saturated rings. The number of aryl methyl sites for hydroxylation is 1. The first-order valence-corrected chi connectivity index (χ1v) is 10.8. The third kappa shape index (κ3) is 5.65. The van der Waals surface area contributed by atoms with Crippen molar-refractivity contribution in [3.05, 3.63) is 87.4 Å². The molecule has 2 aromatic carbocycles. The van der Waals surface area contributed by atoms with Crippen LogP contribution < -0.4 is 4.74 Å². The van der Waals surface area contributed by atoms with Crippen molar-refractivity contribution in [2.75, 3.05) is 0 Å². The Kier molecular flexibility index (Phi) is 6.21. The summed E-state index contributed by atoms with van der Waals surface area (Å²) in [6.45, 7) is 2.38. The highest BCUT2D eigenvalue weighted by Gasteiger charge is 2.10. The summed E-state index contributed by atoms with van der Waals surface area (Å²) in [6.07, 6.45) is 0.554. The molecule has 148 valence electrons. The van der Waals surface area contributed by atoms with E-state index < -0.39 is 0 Å². The molecule has 29 heavy (non-hydrogen) atoms. The molecule has 0 saturated heterocycles. The van der Waals surface area contributed by atoms with Gasteiger partial charge in [-0.15, -0.1) is 21.5 Å². The van der Waals surface area contributed by atoms with Gasteiger partial charge in [-0.05, 0) is 42.3 Å². The van der Waals surface area contributed by atoms with Crippen molar-refractivity contribution in [2.45, 2.75) is 30.9 Å². The lowest BCUT2D eigenvalue weighted by Crippen LogP contribution is -1.95. The summed E-state index contributed by atoms with van der Waals surface area (Å²) in [6, 6.07) is 14.1. The molecular weight excluding hydrogens is 409 g/mol. The van der Waals surface area contributed by atoms with Gasteiger partial charge in [0.2, 0.25) is 5.89 Å². The number of hydrogen-bond acceptors (Lipinski definition) is 7. The zero-order valence-corrected chi connectivity index (χ0v) is 17.3. The van der Waals surface area contributed by atoms with E-state index in [1.807, 2.05) is 36.6 Å². The van der Waals surface area contributed by atoms with E-state index in [2.05, 4.69) is 15.2 Å². The van der Waals surface area contributed by atoms with Gasteiger partial charge in [0.25, 0.3) is 5.22 Å². The first-order valence-electron chi connectivity index (χ1n) is 8.96. The first kappa shape index (κ1) is 19.6. The topological polar surface area (TPSA) is 61.0 Å². The average Bonchev–Trinajstić information content (AvgIpc) is 3.35. The molecule has 0 bridgehead atoms. The molecule has 0 amide bonds. The van der Waals surface area contributed by atoms with Crippen LogP contribution in [0.2, 0.25) is 0 Å². The van der Waals surface area contributed by atoms with Gasteiger partial charge >= 0.3 is 0 Å². The molecule has 2 heterocycles. The van der Waals surface area contributed by atoms with Gasteiger partial charge in [0.1, 0.15) is 18.2 Å². The van der Waals surface area contributed by atoms with E-state index in [-0.39, 0.29) is 5.82 Å². The number of rotatable bonds is 8. The van der Waals surface area contributed by atoms with Gasteiger partial charge in [-0.25, -0.2) is 9.37 Å². The number of thiazole rings is 1. The molecule has 2 aromatic heterocycles. The van der Waals surface area contributed by atoms with Gasteiger partial charge in [-0.2, -0.15) is 0 Å². The van der Waals surface area contributed by atoms with Gasteiger partial charge in [0, 0.05) is 11.1 Å². The summed E-state index contributed by atoms with van der Waals surface area (Å²) in [7, 11) is 0. The van der Waals surface area contributed by atoms with Gasteiger partial charge < -0.3 is 9.15 Å². The Morgan fingerprint density at radius 3 is 2.52 bits per heavy atom. The van der Waals surface area contributed by atoms with Crippen molar-refractivity contribution in [3.8, 4) is 5.75 Å². The largest absolute Gasteiger partial charge is 0.489 e. The molecule has 8 heteroatoms. The van der Waals surface area contributed by atoms with Crippen molar-refractivity contribution in [3.63, 3.8) is 0 Å². The third-order valence-corrected chi connectivity index (χ3v) is 5.76. The van der Waals surface area contributed by atoms with Crippen LogP contribution in [0.4, 0.5) is 4.39 Å². The Hall–Kier alpha value is -2.71. The number of halogens is 1. The Morgan fingerprint density at radius 1 is 1.03 bits per heavy atom. The fraction of sp³-hybridized carbons (Fsp3) is 0.190. The summed E-state index contributed by atoms with van der Waals surface area (Å²) < 4.78 is 24.4. The minimum Gasteiger partial charge on any atom is -0.489 e. The molecule has 0 N–H and O–H groups in total. The summed E-state index contributed by atoms with van der Waals surface area (Å²) >= 11 is 3.10. The van der Waals surface area contributed by atoms with Gasteiger partial charge in [0.05, 0.1) is 17.1 Å². The molecule has 0 aliphatic carbocycles. The van der Waals surface area contributed by atoms with E-state index in [0.717, 1.165) is 33.3 Å². The van der Waals surface area contributed by atoms with Crippen LogP contribution in [-0.2, 0) is 18.8 Å². The van der Waals surface area contributed by atoms with Crippen LogP contribution in [0, 0.1) is 12.7 Å². The number of nitrogens with zero attached hydrogens (tertiary/aromatic N) is 3. The Bertz CT molecular complexity index is 1060. The van der Waals surface area contributed by atoms with Crippen LogP contribution in [0.5, 0.6) is 5.75 Å². The number of benzene rings is 2. The third-order valence-electron chi connectivity index (χ3n) is 4.05. The van der Waals surface area contributed by atoms with Crippen molar-refractivity contribution in [2.24, 2.45) is 0 Å². The zero-order valence-electron chi connectivity index (χ0n) is 15.7. The molecular formula is C21H18FN3O2S2. The van der Waals surface area contributed by atoms with E-state index >= 15 is 0 Å². The highest BCUT2D eigenvalue weighted by Crippen LogP contribution is 2.24. The van der Waals surface area contributed by atoms with Gasteiger partial charge in [-0.1, -0.05) is 36.0 Å². The predicted octanol–water partition coefficient (Wildman–Crippen LogP) is 5.44. The minimum absolute atomic E-state index is 0.248. The van der Waals surface area contributed by atoms with Crippen molar-refractivity contribution in [1.82, 2.24) is 15.2 Å². The van der Waals surface area contributed by atoms with Crippen molar-refractivity contribution in [1.29, 1.82) is 0 Å². The summed E-state index contributed by atoms with van der Waals surface area (Å²) in [5.41, 5.74) is 2.99. The summed E-state index contributed by atoms with van der Waals surface area (Å²) in [5.74, 6) is 1.81. The average molecular weight is 428 g/mol. The maximum absolute atomic E-state index is 12.9. The van der Waals surface area contributed by atoms with Gasteiger partial charge in [-0.3, -0.25) is 0 Å². The fourth-order valence-electron chi connectivity index (χ4n) is 2.59. The number of thioether (sulfide) groups is 1. The Balaban J connectivity index is 1.26. The van der Waals surface area contributed by atoms with Crippen LogP contribution >= 0.6 is 23.1 Å². The normalized spacial score (nSPS) is 11.0. The molecule has 0 saturated carbocycles. The molecule has 0 aliphatic rings. The Morgan fingerprint density at radius 2 is 1.79 bits per heavy atom. The molecule has 0 unspecified atom stereocenters. The highest BCUT2D eigenvalue weighted by molar-refractivity contribution is 7.98. The highest BCUT2D eigenvalue weighted by atomic mass is 32.2. The predicted molar refractivity (Wildman–Crippen MR) is 111 cm³/mol. The molecule has 0 radical (unpaired) electrons. The number of ether oxygens (including phenoxy) is 1. The molecule has 4 rings (SSSR count). The van der Waals surface area contributed by atoms with Crippen LogP contribution in [0.1, 0.15) is 27.7 Å². The number of hydrogen-bond donors (Lipinski definition) is 0. The second-order valence-electron chi connectivity index (χ2n) is 6.34. The standard InChI is InChI=1S/C21H18FN3O2S2/c1-14-23-18(13-28-14)10-20-24-25-21(27-20)29-12-16-4-8-19(9-5-16)26-11-15-2-6-17(22)7-3-15/h2-9,13H,10-12H2,1H3. The smallest absolute Gasteiger partial charge is 0.276 e. The SMILES string of the molecule is Cc1nc(Cc2nnc(SCc3ccc(OCc4ccc(F)cc4)cc3)o2)cs1. The molecule has 0 spiro atoms. The molecule has 5 nitrogen and oxygen atoms in total. The van der Waals surface area contributed by atoms with Crippen LogP contribution in [0.3, 0.4) is 0 Å². The van der Waals surface area contributed by atoms with Crippen LogP contribution in [0.25, 0.3) is 0 Å². The first-order chi connectivity index (χ1) is 14.1. The lowest BCUT2D eigenvalue weighted by Gasteiger charge is -2.07. The van der Waals surface area contributed by atoms with E-state index in [4.69, 9.17) is 9.15 Å². The maximum Gasteiger partial charge on any atom is 0.276 e. The maximum atomic E-state index is 12.9. The van der Waals surface area contributed by atoms with E-state index in [1.54, 1.807) is 23.5 Å². The Labute approximate surface area is 176 Å². The molecule has 0 atom stereocenters. The zero-order chi connectivity index (χ0) is 20.1. The second-order valence-corrected chi connectivity index (χ2v) is 8.33. The monoisotopic (exact) mass is 427 g/mol. The molecule has 0 aliphatic heterocycles. The van der Waals surface area contributed by atoms with E-state index in [0.29, 0.717) is 24.1 Å². The summed E-state index contributed by atoms with van der Waals surface area (Å²) in [4.78, 5) is 4.41. The lowest BCUT2D eigenvalue weighted by molar-refractivity contribution is 0.306. The van der Waals surface area contributed by atoms with Crippen molar-refractivity contribution < 1.29 is 13.5 Å². The van der Waals surface area contributed by atoms with E-state index in [9.17, 15) is 4.39 Å². The fourth-order valence-corrected chi connectivity index (χ4v) is 3.94. The van der Waals surface area contributed by atoms with Gasteiger partial charge in [0.15, 0.2) is 0 Å². The van der Waals surface area contributed by atoms with Crippen LogP contribution in [0.15, 0.2) is 63.6 Å². The summed E-state index contributed by atoms with van der Waals surface area (Å²) in [5, 5.41) is 11.8. The van der Waals surface area contributed by atoms with Crippen molar-refractivity contribution >= 4 is 23.1 Å². The second kappa shape index (κ2) is 9.19. The minimum atomic E-state index is -0.248. The number of aromatic nitrogens is 3. The van der Waals surface area contributed by atoms with E-state index in [1.165, 1.54) is 23.9 Å². The van der Waals surface area contributed by atoms with Crippen LogP contribution in [-0.4, -0.2) is 15.2 Å². The molecule has 4 aromatic rings.